The van der Waals surface area contributed by atoms with E-state index in [0.717, 1.165) is 54.8 Å². The molecule has 0 spiro atoms. The second-order valence-corrected chi connectivity index (χ2v) is 13.9. The van der Waals surface area contributed by atoms with Gasteiger partial charge in [0.05, 0.1) is 0 Å². The Morgan fingerprint density at radius 1 is 0.941 bits per heavy atom. The number of carbonyl (C=O) groups is 1. The topological polar surface area (TPSA) is 26.3 Å². The van der Waals surface area contributed by atoms with Gasteiger partial charge in [-0.15, -0.1) is 0 Å². The molecule has 0 aliphatic heterocycles. The lowest BCUT2D eigenvalue weighted by molar-refractivity contribution is -0.184. The van der Waals surface area contributed by atoms with Crippen LogP contribution in [0, 0.1) is 52.3 Å². The van der Waals surface area contributed by atoms with Gasteiger partial charge in [0, 0.05) is 6.92 Å². The fourth-order valence-corrected chi connectivity index (χ4v) is 9.61. The summed E-state index contributed by atoms with van der Waals surface area (Å²) in [5.41, 5.74) is 0.782. The first-order valence-electron chi connectivity index (χ1n) is 14.4. The standard InChI is InChI=1S/C30H50F2O2/c1-19(2)8-7-9-20(3)24-12-13-25-23-11-10-21-18-22(34-27(33)30(6,31)32)14-16-28(21,4)26(23)15-17-29(24,25)5/h19-26H,7-18H2,1-6H3/t20-,21+,22?,23+,24-,25+,26+,28+,29-/m1/s1. The minimum Gasteiger partial charge on any atom is -0.458 e. The van der Waals surface area contributed by atoms with Crippen molar-refractivity contribution in [3.8, 4) is 0 Å². The van der Waals surface area contributed by atoms with Crippen molar-refractivity contribution >= 4 is 5.97 Å². The van der Waals surface area contributed by atoms with Gasteiger partial charge in [0.25, 0.3) is 0 Å². The number of rotatable bonds is 7. The summed E-state index contributed by atoms with van der Waals surface area (Å²) in [6.45, 7) is 13.0. The Hall–Kier alpha value is -0.670. The lowest BCUT2D eigenvalue weighted by atomic mass is 9.44. The summed E-state index contributed by atoms with van der Waals surface area (Å²) in [5.74, 6) is 0.719. The second-order valence-electron chi connectivity index (χ2n) is 13.9. The van der Waals surface area contributed by atoms with E-state index in [1.165, 1.54) is 57.8 Å². The number of halogens is 2. The quantitative estimate of drug-likeness (QED) is 0.341. The zero-order valence-corrected chi connectivity index (χ0v) is 22.7. The number of carbonyl (C=O) groups excluding carboxylic acids is 1. The van der Waals surface area contributed by atoms with Crippen LogP contribution in [-0.4, -0.2) is 18.0 Å². The summed E-state index contributed by atoms with van der Waals surface area (Å²) in [4.78, 5) is 11.8. The molecule has 4 fully saturated rings. The molecule has 0 aromatic carbocycles. The SMILES string of the molecule is CC(C)CCC[C@@H](C)[C@H]1CC[C@H]2[C@@H]3CC[C@H]4CC(OC(=O)C(C)(F)F)CC[C@]4(C)[C@H]3CC[C@]12C. The van der Waals surface area contributed by atoms with E-state index in [1.54, 1.807) is 0 Å². The van der Waals surface area contributed by atoms with Gasteiger partial charge in [-0.25, -0.2) is 4.79 Å². The van der Waals surface area contributed by atoms with E-state index in [-0.39, 0.29) is 11.5 Å². The summed E-state index contributed by atoms with van der Waals surface area (Å²) >= 11 is 0. The van der Waals surface area contributed by atoms with E-state index in [4.69, 9.17) is 4.74 Å². The van der Waals surface area contributed by atoms with Crippen molar-refractivity contribution in [3.63, 3.8) is 0 Å². The molecule has 4 aliphatic rings. The first-order chi connectivity index (χ1) is 15.9. The van der Waals surface area contributed by atoms with Crippen LogP contribution in [0.25, 0.3) is 0 Å². The Kier molecular flexibility index (Phi) is 7.50. The highest BCUT2D eigenvalue weighted by Gasteiger charge is 2.60. The number of esters is 1. The van der Waals surface area contributed by atoms with Crippen LogP contribution in [0.2, 0.25) is 0 Å². The van der Waals surface area contributed by atoms with Crippen molar-refractivity contribution in [2.75, 3.05) is 0 Å². The van der Waals surface area contributed by atoms with Gasteiger partial charge in [-0.2, -0.15) is 8.78 Å². The lowest BCUT2D eigenvalue weighted by Gasteiger charge is -2.61. The summed E-state index contributed by atoms with van der Waals surface area (Å²) < 4.78 is 32.0. The van der Waals surface area contributed by atoms with Gasteiger partial charge >= 0.3 is 11.9 Å². The Labute approximate surface area is 207 Å². The Morgan fingerprint density at radius 2 is 1.62 bits per heavy atom. The molecule has 0 bridgehead atoms. The maximum absolute atomic E-state index is 13.4. The maximum Gasteiger partial charge on any atom is 0.376 e. The predicted molar refractivity (Wildman–Crippen MR) is 134 cm³/mol. The molecule has 9 atom stereocenters. The molecule has 4 saturated carbocycles. The molecule has 4 heteroatoms. The molecule has 2 nitrogen and oxygen atoms in total. The van der Waals surface area contributed by atoms with Gasteiger partial charge in [-0.3, -0.25) is 0 Å². The van der Waals surface area contributed by atoms with Crippen LogP contribution in [0.1, 0.15) is 119 Å². The van der Waals surface area contributed by atoms with E-state index in [1.807, 2.05) is 0 Å². The molecule has 1 unspecified atom stereocenters. The molecule has 0 heterocycles. The number of hydrogen-bond donors (Lipinski definition) is 0. The van der Waals surface area contributed by atoms with Crippen LogP contribution in [-0.2, 0) is 9.53 Å². The third-order valence-electron chi connectivity index (χ3n) is 11.5. The van der Waals surface area contributed by atoms with Gasteiger partial charge in [0.1, 0.15) is 6.10 Å². The van der Waals surface area contributed by atoms with Gasteiger partial charge in [-0.1, -0.05) is 53.9 Å². The zero-order valence-electron chi connectivity index (χ0n) is 22.7. The third-order valence-corrected chi connectivity index (χ3v) is 11.5. The first-order valence-corrected chi connectivity index (χ1v) is 14.4. The minimum atomic E-state index is -3.39. The summed E-state index contributed by atoms with van der Waals surface area (Å²) in [6.07, 6.45) is 14.3. The molecule has 196 valence electrons. The van der Waals surface area contributed by atoms with Crippen LogP contribution in [0.3, 0.4) is 0 Å². The Balaban J connectivity index is 1.41. The van der Waals surface area contributed by atoms with Gasteiger partial charge in [0.15, 0.2) is 0 Å². The average Bonchev–Trinajstić information content (AvgIpc) is 3.10. The molecular weight excluding hydrogens is 430 g/mol. The molecule has 34 heavy (non-hydrogen) atoms. The highest BCUT2D eigenvalue weighted by Crippen LogP contribution is 2.68. The summed E-state index contributed by atoms with van der Waals surface area (Å²) in [6, 6.07) is 0. The predicted octanol–water partition coefficient (Wildman–Crippen LogP) is 8.67. The summed E-state index contributed by atoms with van der Waals surface area (Å²) in [5, 5.41) is 0. The van der Waals surface area contributed by atoms with Crippen LogP contribution in [0.5, 0.6) is 0 Å². The van der Waals surface area contributed by atoms with Crippen LogP contribution >= 0.6 is 0 Å². The molecule has 4 aliphatic carbocycles. The molecule has 0 N–H and O–H groups in total. The van der Waals surface area contributed by atoms with Gasteiger partial charge in [0.2, 0.25) is 0 Å². The maximum atomic E-state index is 13.4. The van der Waals surface area contributed by atoms with Crippen molar-refractivity contribution < 1.29 is 18.3 Å². The number of alkyl halides is 2. The monoisotopic (exact) mass is 480 g/mol. The third kappa shape index (κ3) is 4.82. The second kappa shape index (κ2) is 9.66. The summed E-state index contributed by atoms with van der Waals surface area (Å²) in [7, 11) is 0. The van der Waals surface area contributed by atoms with Crippen molar-refractivity contribution in [2.45, 2.75) is 131 Å². The normalized spacial score (nSPS) is 43.1. The van der Waals surface area contributed by atoms with E-state index in [2.05, 4.69) is 34.6 Å². The van der Waals surface area contributed by atoms with Crippen molar-refractivity contribution in [2.24, 2.45) is 52.3 Å². The minimum absolute atomic E-state index is 0.281. The molecule has 4 rings (SSSR count). The highest BCUT2D eigenvalue weighted by atomic mass is 19.3. The van der Waals surface area contributed by atoms with Crippen LogP contribution in [0.4, 0.5) is 8.78 Å². The van der Waals surface area contributed by atoms with Crippen molar-refractivity contribution in [3.05, 3.63) is 0 Å². The smallest absolute Gasteiger partial charge is 0.376 e. The van der Waals surface area contributed by atoms with E-state index in [9.17, 15) is 13.6 Å². The number of fused-ring (bicyclic) bond motifs is 5. The average molecular weight is 481 g/mol. The molecule has 0 amide bonds. The lowest BCUT2D eigenvalue weighted by Crippen LogP contribution is -2.54. The first kappa shape index (κ1) is 26.4. The molecule has 0 aromatic rings. The molecule has 0 radical (unpaired) electrons. The van der Waals surface area contributed by atoms with Gasteiger partial charge in [-0.05, 0) is 110 Å². The zero-order chi connectivity index (χ0) is 24.9. The Bertz CT molecular complexity index is 730. The van der Waals surface area contributed by atoms with Gasteiger partial charge < -0.3 is 4.74 Å². The van der Waals surface area contributed by atoms with E-state index < -0.39 is 11.9 Å². The van der Waals surface area contributed by atoms with Crippen LogP contribution < -0.4 is 0 Å². The van der Waals surface area contributed by atoms with Crippen molar-refractivity contribution in [1.82, 2.24) is 0 Å². The van der Waals surface area contributed by atoms with Crippen LogP contribution in [0.15, 0.2) is 0 Å². The Morgan fingerprint density at radius 3 is 2.29 bits per heavy atom. The van der Waals surface area contributed by atoms with Crippen molar-refractivity contribution in [1.29, 1.82) is 0 Å². The molecular formula is C30H50F2O2. The molecule has 0 aromatic heterocycles. The number of ether oxygens (including phenoxy) is 1. The van der Waals surface area contributed by atoms with E-state index >= 15 is 0 Å². The molecule has 0 saturated heterocycles. The fraction of sp³-hybridized carbons (Fsp3) is 0.967. The fourth-order valence-electron chi connectivity index (χ4n) is 9.61. The highest BCUT2D eigenvalue weighted by molar-refractivity contribution is 5.77. The van der Waals surface area contributed by atoms with E-state index in [0.29, 0.717) is 18.3 Å². The number of hydrogen-bond acceptors (Lipinski definition) is 2. The largest absolute Gasteiger partial charge is 0.458 e.